The van der Waals surface area contributed by atoms with Gasteiger partial charge in [0.15, 0.2) is 5.13 Å². The predicted molar refractivity (Wildman–Crippen MR) is 100 cm³/mol. The van der Waals surface area contributed by atoms with E-state index in [0.29, 0.717) is 32.7 Å². The molecule has 3 aromatic rings. The van der Waals surface area contributed by atoms with Crippen molar-refractivity contribution in [3.05, 3.63) is 80.3 Å². The van der Waals surface area contributed by atoms with Gasteiger partial charge < -0.3 is 0 Å². The number of nitrogens with one attached hydrogen (secondary N) is 1. The lowest BCUT2D eigenvalue weighted by molar-refractivity contribution is 0.102. The van der Waals surface area contributed by atoms with Crippen molar-refractivity contribution in [1.29, 1.82) is 5.26 Å². The maximum atomic E-state index is 12.2. The molecule has 3 rings (SSSR count). The summed E-state index contributed by atoms with van der Waals surface area (Å²) in [4.78, 5) is 17.4. The molecule has 0 spiro atoms. The fourth-order valence-corrected chi connectivity index (χ4v) is 3.47. The number of benzene rings is 2. The van der Waals surface area contributed by atoms with Crippen LogP contribution in [0.2, 0.25) is 10.0 Å². The van der Waals surface area contributed by atoms with Crippen molar-refractivity contribution in [3.8, 4) is 6.07 Å². The second kappa shape index (κ2) is 7.66. The van der Waals surface area contributed by atoms with Crippen molar-refractivity contribution in [2.75, 3.05) is 5.32 Å². The monoisotopic (exact) mass is 387 g/mol. The van der Waals surface area contributed by atoms with E-state index < -0.39 is 0 Å². The van der Waals surface area contributed by atoms with E-state index in [0.717, 1.165) is 10.4 Å². The van der Waals surface area contributed by atoms with Crippen LogP contribution in [0.5, 0.6) is 0 Å². The average Bonchev–Trinajstić information content (AvgIpc) is 3.04. The van der Waals surface area contributed by atoms with Gasteiger partial charge in [0.1, 0.15) is 0 Å². The first-order valence-electron chi connectivity index (χ1n) is 7.25. The van der Waals surface area contributed by atoms with Gasteiger partial charge in [-0.25, -0.2) is 4.98 Å². The Hall–Kier alpha value is -2.39. The summed E-state index contributed by atoms with van der Waals surface area (Å²) in [5.41, 5.74) is 1.92. The molecule has 0 aliphatic carbocycles. The quantitative estimate of drug-likeness (QED) is 0.671. The Morgan fingerprint density at radius 2 is 1.96 bits per heavy atom. The van der Waals surface area contributed by atoms with Crippen molar-refractivity contribution in [1.82, 2.24) is 4.98 Å². The lowest BCUT2D eigenvalue weighted by atomic mass is 10.1. The van der Waals surface area contributed by atoms with Crippen molar-refractivity contribution in [2.24, 2.45) is 0 Å². The average molecular weight is 388 g/mol. The number of carbonyl (C=O) groups is 1. The number of amides is 1. The Bertz CT molecular complexity index is 961. The molecule has 0 radical (unpaired) electrons. The highest BCUT2D eigenvalue weighted by molar-refractivity contribution is 7.15. The summed E-state index contributed by atoms with van der Waals surface area (Å²) in [5.74, 6) is -0.269. The number of anilines is 1. The standard InChI is InChI=1S/C18H11Cl2N3OS/c19-14-6-5-13(16(20)8-14)7-15-10-22-18(25-15)23-17(24)12-3-1-11(9-21)2-4-12/h1-6,8,10H,7H2,(H,22,23,24). The molecule has 0 unspecified atom stereocenters. The van der Waals surface area contributed by atoms with Crippen LogP contribution in [-0.2, 0) is 6.42 Å². The van der Waals surface area contributed by atoms with E-state index in [1.165, 1.54) is 11.3 Å². The number of thiazole rings is 1. The Labute approximate surface area is 158 Å². The van der Waals surface area contributed by atoms with Crippen LogP contribution in [0.25, 0.3) is 0 Å². The Morgan fingerprint density at radius 3 is 2.64 bits per heavy atom. The molecule has 7 heteroatoms. The zero-order chi connectivity index (χ0) is 17.8. The molecule has 1 N–H and O–H groups in total. The molecule has 0 saturated heterocycles. The van der Waals surface area contributed by atoms with E-state index in [4.69, 9.17) is 28.5 Å². The van der Waals surface area contributed by atoms with Gasteiger partial charge in [-0.05, 0) is 42.0 Å². The number of rotatable bonds is 4. The third-order valence-corrected chi connectivity index (χ3v) is 4.93. The fraction of sp³-hybridized carbons (Fsp3) is 0.0556. The maximum absolute atomic E-state index is 12.2. The number of halogens is 2. The van der Waals surface area contributed by atoms with Gasteiger partial charge in [-0.1, -0.05) is 29.3 Å². The molecule has 0 fully saturated rings. The molecule has 0 bridgehead atoms. The van der Waals surface area contributed by atoms with Crippen LogP contribution < -0.4 is 5.32 Å². The molecule has 124 valence electrons. The molecule has 1 amide bonds. The zero-order valence-electron chi connectivity index (χ0n) is 12.8. The summed E-state index contributed by atoms with van der Waals surface area (Å²) in [6.07, 6.45) is 2.32. The van der Waals surface area contributed by atoms with Crippen molar-refractivity contribution >= 4 is 45.6 Å². The zero-order valence-corrected chi connectivity index (χ0v) is 15.1. The molecule has 4 nitrogen and oxygen atoms in total. The Kier molecular flexibility index (Phi) is 5.34. The summed E-state index contributed by atoms with van der Waals surface area (Å²) < 4.78 is 0. The summed E-state index contributed by atoms with van der Waals surface area (Å²) in [6, 6.07) is 13.8. The summed E-state index contributed by atoms with van der Waals surface area (Å²) >= 11 is 13.5. The van der Waals surface area contributed by atoms with Gasteiger partial charge in [0, 0.05) is 33.1 Å². The largest absolute Gasteiger partial charge is 0.298 e. The van der Waals surface area contributed by atoms with Gasteiger partial charge in [-0.15, -0.1) is 11.3 Å². The maximum Gasteiger partial charge on any atom is 0.257 e. The number of hydrogen-bond acceptors (Lipinski definition) is 4. The van der Waals surface area contributed by atoms with Crippen molar-refractivity contribution in [3.63, 3.8) is 0 Å². The molecule has 1 heterocycles. The van der Waals surface area contributed by atoms with Crippen LogP contribution in [0.4, 0.5) is 5.13 Å². The number of nitrogens with zero attached hydrogens (tertiary/aromatic N) is 2. The van der Waals surface area contributed by atoms with E-state index in [2.05, 4.69) is 10.3 Å². The minimum Gasteiger partial charge on any atom is -0.298 e. The van der Waals surface area contributed by atoms with Crippen LogP contribution in [-0.4, -0.2) is 10.9 Å². The molecule has 0 atom stereocenters. The van der Waals surface area contributed by atoms with Gasteiger partial charge >= 0.3 is 0 Å². The molecular weight excluding hydrogens is 377 g/mol. The van der Waals surface area contributed by atoms with Crippen molar-refractivity contribution in [2.45, 2.75) is 6.42 Å². The number of aromatic nitrogens is 1. The summed E-state index contributed by atoms with van der Waals surface area (Å²) in [7, 11) is 0. The molecule has 25 heavy (non-hydrogen) atoms. The van der Waals surface area contributed by atoms with Crippen LogP contribution in [0.3, 0.4) is 0 Å². The minimum absolute atomic E-state index is 0.269. The molecule has 0 aliphatic rings. The topological polar surface area (TPSA) is 65.8 Å². The first-order valence-corrected chi connectivity index (χ1v) is 8.82. The molecular formula is C18H11Cl2N3OS. The van der Waals surface area contributed by atoms with E-state index in [-0.39, 0.29) is 5.91 Å². The van der Waals surface area contributed by atoms with Crippen molar-refractivity contribution < 1.29 is 4.79 Å². The van der Waals surface area contributed by atoms with Gasteiger partial charge in [-0.2, -0.15) is 5.26 Å². The van der Waals surface area contributed by atoms with E-state index in [1.54, 1.807) is 42.6 Å². The molecule has 0 saturated carbocycles. The van der Waals surface area contributed by atoms with E-state index in [1.807, 2.05) is 12.1 Å². The third kappa shape index (κ3) is 4.37. The fourth-order valence-electron chi connectivity index (χ4n) is 2.17. The lowest BCUT2D eigenvalue weighted by Crippen LogP contribution is -2.11. The van der Waals surface area contributed by atoms with Gasteiger partial charge in [-0.3, -0.25) is 10.1 Å². The third-order valence-electron chi connectivity index (χ3n) is 3.43. The molecule has 1 aromatic heterocycles. The van der Waals surface area contributed by atoms with Crippen LogP contribution in [0, 0.1) is 11.3 Å². The van der Waals surface area contributed by atoms with E-state index >= 15 is 0 Å². The first kappa shape index (κ1) is 17.4. The summed E-state index contributed by atoms with van der Waals surface area (Å²) in [5, 5.41) is 13.2. The number of nitriles is 1. The van der Waals surface area contributed by atoms with Gasteiger partial charge in [0.25, 0.3) is 5.91 Å². The lowest BCUT2D eigenvalue weighted by Gasteiger charge is -2.03. The highest BCUT2D eigenvalue weighted by Crippen LogP contribution is 2.27. The second-order valence-electron chi connectivity index (χ2n) is 5.19. The summed E-state index contributed by atoms with van der Waals surface area (Å²) in [6.45, 7) is 0. The van der Waals surface area contributed by atoms with Crippen LogP contribution >= 0.6 is 34.5 Å². The van der Waals surface area contributed by atoms with Gasteiger partial charge in [0.2, 0.25) is 0 Å². The van der Waals surface area contributed by atoms with Crippen LogP contribution in [0.1, 0.15) is 26.4 Å². The van der Waals surface area contributed by atoms with Gasteiger partial charge in [0.05, 0.1) is 11.6 Å². The van der Waals surface area contributed by atoms with E-state index in [9.17, 15) is 4.79 Å². The normalized spacial score (nSPS) is 10.3. The molecule has 0 aliphatic heterocycles. The van der Waals surface area contributed by atoms with Crippen LogP contribution in [0.15, 0.2) is 48.7 Å². The Balaban J connectivity index is 1.68. The smallest absolute Gasteiger partial charge is 0.257 e. The SMILES string of the molecule is N#Cc1ccc(C(=O)Nc2ncc(Cc3ccc(Cl)cc3Cl)s2)cc1. The number of hydrogen-bond donors (Lipinski definition) is 1. The highest BCUT2D eigenvalue weighted by atomic mass is 35.5. The second-order valence-corrected chi connectivity index (χ2v) is 7.15. The highest BCUT2D eigenvalue weighted by Gasteiger charge is 2.10. The Morgan fingerprint density at radius 1 is 1.20 bits per heavy atom. The minimum atomic E-state index is -0.269. The molecule has 2 aromatic carbocycles. The predicted octanol–water partition coefficient (Wildman–Crippen LogP) is 5.16. The number of carbonyl (C=O) groups excluding carboxylic acids is 1. The first-order chi connectivity index (χ1) is 12.0.